The van der Waals surface area contributed by atoms with Gasteiger partial charge in [0.1, 0.15) is 6.42 Å². The van der Waals surface area contributed by atoms with Crippen molar-refractivity contribution in [3.63, 3.8) is 0 Å². The van der Waals surface area contributed by atoms with E-state index in [1.54, 1.807) is 13.1 Å². The number of carbonyl (C=O) groups is 3. The number of ether oxygens (including phenoxy) is 1. The quantitative estimate of drug-likeness (QED) is 0.759. The zero-order valence-electron chi connectivity index (χ0n) is 14.8. The minimum Gasteiger partial charge on any atom is -0.452 e. The molecule has 7 nitrogen and oxygen atoms in total. The summed E-state index contributed by atoms with van der Waals surface area (Å²) in [5.41, 5.74) is 1.70. The van der Waals surface area contributed by atoms with Crippen LogP contribution < -0.4 is 5.32 Å². The molecule has 0 heterocycles. The Hall–Kier alpha value is -3.66. The van der Waals surface area contributed by atoms with E-state index in [0.717, 1.165) is 5.56 Å². The first-order chi connectivity index (χ1) is 13.0. The highest BCUT2D eigenvalue weighted by Gasteiger charge is 2.14. The second-order valence-corrected chi connectivity index (χ2v) is 5.77. The molecule has 0 aliphatic carbocycles. The van der Waals surface area contributed by atoms with Crippen molar-refractivity contribution in [1.82, 2.24) is 4.90 Å². The van der Waals surface area contributed by atoms with Gasteiger partial charge in [0.2, 0.25) is 5.91 Å². The number of carbonyl (C=O) groups excluding carboxylic acids is 3. The van der Waals surface area contributed by atoms with Gasteiger partial charge in [0.25, 0.3) is 5.91 Å². The lowest BCUT2D eigenvalue weighted by Gasteiger charge is -2.17. The molecule has 0 spiro atoms. The molecular formula is C20H19N3O4. The number of amides is 2. The van der Waals surface area contributed by atoms with Crippen molar-refractivity contribution in [2.75, 3.05) is 19.0 Å². The molecule has 0 saturated heterocycles. The molecule has 0 bridgehead atoms. The third kappa shape index (κ3) is 6.29. The molecule has 2 rings (SSSR count). The van der Waals surface area contributed by atoms with E-state index in [1.807, 2.05) is 30.3 Å². The van der Waals surface area contributed by atoms with Gasteiger partial charge < -0.3 is 15.0 Å². The minimum atomic E-state index is -0.633. The first-order valence-corrected chi connectivity index (χ1v) is 8.21. The Kier molecular flexibility index (Phi) is 7.08. The van der Waals surface area contributed by atoms with Gasteiger partial charge in [0.15, 0.2) is 6.61 Å². The number of nitrogens with zero attached hydrogens (tertiary/aromatic N) is 2. The van der Waals surface area contributed by atoms with Crippen molar-refractivity contribution in [2.45, 2.75) is 13.0 Å². The molecule has 7 heteroatoms. The van der Waals surface area contributed by atoms with Crippen LogP contribution in [-0.2, 0) is 20.9 Å². The SMILES string of the molecule is CN(Cc1ccccc1)C(=O)COC(=O)c1ccc(NC(=O)CC#N)cc1. The highest BCUT2D eigenvalue weighted by molar-refractivity contribution is 5.94. The van der Waals surface area contributed by atoms with Gasteiger partial charge in [-0.1, -0.05) is 30.3 Å². The van der Waals surface area contributed by atoms with E-state index in [0.29, 0.717) is 12.2 Å². The van der Waals surface area contributed by atoms with E-state index in [1.165, 1.54) is 29.2 Å². The summed E-state index contributed by atoms with van der Waals surface area (Å²) in [6, 6.07) is 17.2. The second-order valence-electron chi connectivity index (χ2n) is 5.77. The lowest BCUT2D eigenvalue weighted by Crippen LogP contribution is -2.30. The van der Waals surface area contributed by atoms with E-state index in [-0.39, 0.29) is 24.5 Å². The molecule has 0 unspecified atom stereocenters. The number of esters is 1. The molecule has 0 atom stereocenters. The number of likely N-dealkylation sites (N-methyl/N-ethyl adjacent to an activating group) is 1. The fraction of sp³-hybridized carbons (Fsp3) is 0.200. The van der Waals surface area contributed by atoms with Crippen molar-refractivity contribution < 1.29 is 19.1 Å². The Bertz CT molecular complexity index is 842. The first-order valence-electron chi connectivity index (χ1n) is 8.21. The number of nitrogens with one attached hydrogen (secondary N) is 1. The van der Waals surface area contributed by atoms with Crippen molar-refractivity contribution in [1.29, 1.82) is 5.26 Å². The molecule has 0 aliphatic heterocycles. The summed E-state index contributed by atoms with van der Waals surface area (Å²) in [5.74, 6) is -1.38. The van der Waals surface area contributed by atoms with Gasteiger partial charge in [0, 0.05) is 19.3 Å². The van der Waals surface area contributed by atoms with Gasteiger partial charge in [-0.05, 0) is 29.8 Å². The molecule has 1 N–H and O–H groups in total. The van der Waals surface area contributed by atoms with Gasteiger partial charge in [0.05, 0.1) is 11.6 Å². The molecule has 2 aromatic rings. The third-order valence-electron chi connectivity index (χ3n) is 3.66. The van der Waals surface area contributed by atoms with Crippen LogP contribution in [-0.4, -0.2) is 36.3 Å². The molecule has 0 aliphatic rings. The van der Waals surface area contributed by atoms with E-state index in [4.69, 9.17) is 10.00 Å². The maximum Gasteiger partial charge on any atom is 0.338 e. The van der Waals surface area contributed by atoms with Crippen LogP contribution in [0.25, 0.3) is 0 Å². The van der Waals surface area contributed by atoms with E-state index in [2.05, 4.69) is 5.32 Å². The van der Waals surface area contributed by atoms with Crippen LogP contribution in [0.4, 0.5) is 5.69 Å². The smallest absolute Gasteiger partial charge is 0.338 e. The minimum absolute atomic E-state index is 0.248. The average molecular weight is 365 g/mol. The fourth-order valence-electron chi connectivity index (χ4n) is 2.23. The lowest BCUT2D eigenvalue weighted by atomic mass is 10.2. The van der Waals surface area contributed by atoms with Gasteiger partial charge in [-0.25, -0.2) is 4.79 Å². The van der Waals surface area contributed by atoms with Crippen LogP contribution in [0, 0.1) is 11.3 Å². The molecule has 0 radical (unpaired) electrons. The Balaban J connectivity index is 1.83. The Morgan fingerprint density at radius 2 is 1.74 bits per heavy atom. The van der Waals surface area contributed by atoms with Crippen LogP contribution in [0.2, 0.25) is 0 Å². The van der Waals surface area contributed by atoms with Gasteiger partial charge in [-0.15, -0.1) is 0 Å². The summed E-state index contributed by atoms with van der Waals surface area (Å²) in [7, 11) is 1.64. The van der Waals surface area contributed by atoms with Gasteiger partial charge in [-0.3, -0.25) is 9.59 Å². The zero-order chi connectivity index (χ0) is 19.6. The van der Waals surface area contributed by atoms with Crippen LogP contribution >= 0.6 is 0 Å². The first kappa shape index (κ1) is 19.7. The topological polar surface area (TPSA) is 99.5 Å². The standard InChI is InChI=1S/C20H19N3O4/c1-23(13-15-5-3-2-4-6-15)19(25)14-27-20(26)16-7-9-17(10-8-16)22-18(24)11-12-21/h2-10H,11,13-14H2,1H3,(H,22,24). The van der Waals surface area contributed by atoms with Crippen LogP contribution in [0.1, 0.15) is 22.3 Å². The Morgan fingerprint density at radius 3 is 2.37 bits per heavy atom. The molecule has 0 saturated carbocycles. The van der Waals surface area contributed by atoms with E-state index in [9.17, 15) is 14.4 Å². The predicted octanol–water partition coefficient (Wildman–Crippen LogP) is 2.35. The molecule has 138 valence electrons. The lowest BCUT2D eigenvalue weighted by molar-refractivity contribution is -0.133. The third-order valence-corrected chi connectivity index (χ3v) is 3.66. The summed E-state index contributed by atoms with van der Waals surface area (Å²) in [6.07, 6.45) is -0.248. The molecule has 0 aromatic heterocycles. The highest BCUT2D eigenvalue weighted by Crippen LogP contribution is 2.11. The summed E-state index contributed by atoms with van der Waals surface area (Å²) >= 11 is 0. The van der Waals surface area contributed by atoms with E-state index >= 15 is 0 Å². The van der Waals surface area contributed by atoms with Crippen molar-refractivity contribution in [3.05, 3.63) is 65.7 Å². The number of benzene rings is 2. The van der Waals surface area contributed by atoms with Crippen LogP contribution in [0.5, 0.6) is 0 Å². The number of hydrogen-bond acceptors (Lipinski definition) is 5. The summed E-state index contributed by atoms with van der Waals surface area (Å²) in [5, 5.41) is 11.0. The largest absolute Gasteiger partial charge is 0.452 e. The van der Waals surface area contributed by atoms with Crippen molar-refractivity contribution >= 4 is 23.5 Å². The molecule has 0 fully saturated rings. The summed E-state index contributed by atoms with van der Waals surface area (Å²) in [6.45, 7) is 0.0666. The van der Waals surface area contributed by atoms with Gasteiger partial charge >= 0.3 is 5.97 Å². The zero-order valence-corrected chi connectivity index (χ0v) is 14.8. The summed E-state index contributed by atoms with van der Waals surface area (Å²) < 4.78 is 5.05. The molecule has 2 amide bonds. The fourth-order valence-corrected chi connectivity index (χ4v) is 2.23. The molecule has 2 aromatic carbocycles. The van der Waals surface area contributed by atoms with Crippen molar-refractivity contribution in [3.8, 4) is 6.07 Å². The average Bonchev–Trinajstić information content (AvgIpc) is 2.67. The molecule has 27 heavy (non-hydrogen) atoms. The summed E-state index contributed by atoms with van der Waals surface area (Å²) in [4.78, 5) is 37.0. The van der Waals surface area contributed by atoms with E-state index < -0.39 is 11.9 Å². The number of rotatable bonds is 7. The highest BCUT2D eigenvalue weighted by atomic mass is 16.5. The van der Waals surface area contributed by atoms with Crippen molar-refractivity contribution in [2.24, 2.45) is 0 Å². The number of hydrogen-bond donors (Lipinski definition) is 1. The second kappa shape index (κ2) is 9.73. The number of nitriles is 1. The number of anilines is 1. The predicted molar refractivity (Wildman–Crippen MR) is 98.5 cm³/mol. The maximum absolute atomic E-state index is 12.1. The van der Waals surface area contributed by atoms with Gasteiger partial charge in [-0.2, -0.15) is 5.26 Å². The normalized spacial score (nSPS) is 9.78. The van der Waals surface area contributed by atoms with Crippen LogP contribution in [0.3, 0.4) is 0 Å². The Morgan fingerprint density at radius 1 is 1.07 bits per heavy atom. The molecular weight excluding hydrogens is 346 g/mol. The maximum atomic E-state index is 12.1. The van der Waals surface area contributed by atoms with Crippen LogP contribution in [0.15, 0.2) is 54.6 Å². The Labute approximate surface area is 157 Å². The monoisotopic (exact) mass is 365 g/mol.